The van der Waals surface area contributed by atoms with Crippen molar-refractivity contribution in [1.29, 1.82) is 0 Å². The predicted octanol–water partition coefficient (Wildman–Crippen LogP) is 4.82. The maximum atomic E-state index is 12.5. The van der Waals surface area contributed by atoms with Crippen LogP contribution in [0.2, 0.25) is 0 Å². The minimum atomic E-state index is -0.390. The Morgan fingerprint density at radius 1 is 1.00 bits per heavy atom. The van der Waals surface area contributed by atoms with Crippen LogP contribution in [0.4, 0.5) is 0 Å². The molecule has 0 spiro atoms. The number of carbonyl (C=O) groups is 1. The molecule has 7 heteroatoms. The third kappa shape index (κ3) is 5.86. The number of hydrazone groups is 1. The van der Waals surface area contributed by atoms with Crippen LogP contribution in [0.5, 0.6) is 11.5 Å². The van der Waals surface area contributed by atoms with Crippen molar-refractivity contribution < 1.29 is 14.3 Å². The topological polar surface area (TPSA) is 88.6 Å². The van der Waals surface area contributed by atoms with E-state index in [1.807, 2.05) is 85.8 Å². The molecule has 0 aliphatic heterocycles. The summed E-state index contributed by atoms with van der Waals surface area (Å²) in [6.45, 7) is 2.99. The molecule has 0 atom stereocenters. The van der Waals surface area contributed by atoms with E-state index in [1.54, 1.807) is 12.3 Å². The highest BCUT2D eigenvalue weighted by atomic mass is 16.5. The summed E-state index contributed by atoms with van der Waals surface area (Å²) in [5.74, 6) is 1.08. The molecule has 0 fully saturated rings. The van der Waals surface area contributed by atoms with Gasteiger partial charge in [0.25, 0.3) is 5.91 Å². The van der Waals surface area contributed by atoms with Gasteiger partial charge in [0, 0.05) is 11.1 Å². The van der Waals surface area contributed by atoms with Gasteiger partial charge in [0.05, 0.1) is 18.5 Å². The molecule has 0 bridgehead atoms. The van der Waals surface area contributed by atoms with Crippen LogP contribution in [0.1, 0.15) is 28.5 Å². The Balaban J connectivity index is 1.37. The highest BCUT2D eigenvalue weighted by Crippen LogP contribution is 2.21. The zero-order valence-electron chi connectivity index (χ0n) is 18.2. The van der Waals surface area contributed by atoms with Gasteiger partial charge in [-0.25, -0.2) is 5.43 Å². The number of amides is 1. The van der Waals surface area contributed by atoms with Crippen LogP contribution in [0.15, 0.2) is 90.0 Å². The lowest BCUT2D eigenvalue weighted by atomic mass is 10.1. The van der Waals surface area contributed by atoms with E-state index in [1.165, 1.54) is 0 Å². The first-order valence-corrected chi connectivity index (χ1v) is 10.6. The first kappa shape index (κ1) is 21.8. The molecule has 166 valence electrons. The number of nitrogens with zero attached hydrogens (tertiary/aromatic N) is 2. The van der Waals surface area contributed by atoms with Crippen LogP contribution in [-0.2, 0) is 6.61 Å². The summed E-state index contributed by atoms with van der Waals surface area (Å²) in [4.78, 5) is 12.5. The quantitative estimate of drug-likeness (QED) is 0.289. The van der Waals surface area contributed by atoms with E-state index < -0.39 is 5.91 Å². The van der Waals surface area contributed by atoms with Gasteiger partial charge in [-0.05, 0) is 55.0 Å². The minimum absolute atomic E-state index is 0.310. The third-order valence-electron chi connectivity index (χ3n) is 4.81. The Kier molecular flexibility index (Phi) is 7.12. The second kappa shape index (κ2) is 10.8. The Morgan fingerprint density at radius 3 is 2.55 bits per heavy atom. The molecular weight excluding hydrogens is 416 g/mol. The summed E-state index contributed by atoms with van der Waals surface area (Å²) in [6, 6.07) is 26.6. The highest BCUT2D eigenvalue weighted by molar-refractivity contribution is 5.94. The second-order valence-electron chi connectivity index (χ2n) is 7.14. The van der Waals surface area contributed by atoms with Crippen molar-refractivity contribution in [2.45, 2.75) is 13.5 Å². The molecule has 33 heavy (non-hydrogen) atoms. The number of aromatic nitrogens is 2. The van der Waals surface area contributed by atoms with Crippen molar-refractivity contribution in [1.82, 2.24) is 15.6 Å². The molecule has 0 radical (unpaired) electrons. The first-order chi connectivity index (χ1) is 16.2. The van der Waals surface area contributed by atoms with E-state index in [0.717, 1.165) is 22.4 Å². The fraction of sp³-hybridized carbons (Fsp3) is 0.115. The molecular formula is C26H24N4O3. The molecule has 1 aromatic heterocycles. The number of aromatic amines is 1. The lowest BCUT2D eigenvalue weighted by Gasteiger charge is -2.08. The zero-order chi connectivity index (χ0) is 22.9. The number of carbonyl (C=O) groups excluding carboxylic acids is 1. The monoisotopic (exact) mass is 440 g/mol. The molecule has 1 amide bonds. The van der Waals surface area contributed by atoms with Crippen molar-refractivity contribution in [3.05, 3.63) is 102 Å². The standard InChI is InChI=1S/C26H24N4O3/c1-2-32-22-14-12-20(13-15-22)23-16-24(29-28-23)26(31)30-27-17-21-10-6-7-11-25(21)33-18-19-8-4-3-5-9-19/h3-17H,2,18H2,1H3,(H,28,29)(H,30,31)/b27-17-. The normalized spacial score (nSPS) is 10.8. The van der Waals surface area contributed by atoms with Crippen LogP contribution in [0.25, 0.3) is 11.3 Å². The number of ether oxygens (including phenoxy) is 2. The molecule has 4 aromatic rings. The summed E-state index contributed by atoms with van der Waals surface area (Å²) in [7, 11) is 0. The molecule has 0 aliphatic rings. The Bertz CT molecular complexity index is 1220. The molecule has 3 aromatic carbocycles. The van der Waals surface area contributed by atoms with E-state index in [9.17, 15) is 4.79 Å². The third-order valence-corrected chi connectivity index (χ3v) is 4.81. The highest BCUT2D eigenvalue weighted by Gasteiger charge is 2.11. The maximum Gasteiger partial charge on any atom is 0.289 e. The minimum Gasteiger partial charge on any atom is -0.494 e. The van der Waals surface area contributed by atoms with Gasteiger partial charge in [0.15, 0.2) is 0 Å². The van der Waals surface area contributed by atoms with Crippen molar-refractivity contribution in [2.75, 3.05) is 6.61 Å². The number of hydrogen-bond donors (Lipinski definition) is 2. The number of para-hydroxylation sites is 1. The maximum absolute atomic E-state index is 12.5. The van der Waals surface area contributed by atoms with Gasteiger partial charge in [-0.15, -0.1) is 0 Å². The Hall–Kier alpha value is -4.39. The van der Waals surface area contributed by atoms with Crippen LogP contribution in [-0.4, -0.2) is 28.9 Å². The van der Waals surface area contributed by atoms with Crippen LogP contribution in [0, 0.1) is 0 Å². The number of H-pyrrole nitrogens is 1. The van der Waals surface area contributed by atoms with Crippen LogP contribution < -0.4 is 14.9 Å². The van der Waals surface area contributed by atoms with Gasteiger partial charge < -0.3 is 9.47 Å². The molecule has 2 N–H and O–H groups in total. The van der Waals surface area contributed by atoms with Crippen molar-refractivity contribution in [3.63, 3.8) is 0 Å². The van der Waals surface area contributed by atoms with E-state index in [4.69, 9.17) is 9.47 Å². The number of nitrogens with one attached hydrogen (secondary N) is 2. The summed E-state index contributed by atoms with van der Waals surface area (Å²) in [6.07, 6.45) is 1.56. The number of benzene rings is 3. The molecule has 0 saturated carbocycles. The SMILES string of the molecule is CCOc1ccc(-c2cc(C(=O)N/N=C\c3ccccc3OCc3ccccc3)[nH]n2)cc1. The second-order valence-corrected chi connectivity index (χ2v) is 7.14. The average molecular weight is 441 g/mol. The van der Waals surface area contributed by atoms with E-state index >= 15 is 0 Å². The molecule has 1 heterocycles. The van der Waals surface area contributed by atoms with Crippen molar-refractivity contribution >= 4 is 12.1 Å². The summed E-state index contributed by atoms with van der Waals surface area (Å²) >= 11 is 0. The van der Waals surface area contributed by atoms with Crippen LogP contribution >= 0.6 is 0 Å². The number of rotatable bonds is 9. The number of hydrogen-bond acceptors (Lipinski definition) is 5. The first-order valence-electron chi connectivity index (χ1n) is 10.6. The average Bonchev–Trinajstić information content (AvgIpc) is 3.35. The summed E-state index contributed by atoms with van der Waals surface area (Å²) in [5.41, 5.74) is 6.20. The fourth-order valence-electron chi connectivity index (χ4n) is 3.15. The smallest absolute Gasteiger partial charge is 0.289 e. The van der Waals surface area contributed by atoms with E-state index in [2.05, 4.69) is 20.7 Å². The fourth-order valence-corrected chi connectivity index (χ4v) is 3.15. The summed E-state index contributed by atoms with van der Waals surface area (Å²) in [5, 5.41) is 11.0. The van der Waals surface area contributed by atoms with Gasteiger partial charge in [0.2, 0.25) is 0 Å². The molecule has 0 aliphatic carbocycles. The zero-order valence-corrected chi connectivity index (χ0v) is 18.2. The van der Waals surface area contributed by atoms with Gasteiger partial charge in [-0.3, -0.25) is 9.89 Å². The lowest BCUT2D eigenvalue weighted by molar-refractivity contribution is 0.0950. The predicted molar refractivity (Wildman–Crippen MR) is 127 cm³/mol. The molecule has 0 saturated heterocycles. The lowest BCUT2D eigenvalue weighted by Crippen LogP contribution is -2.18. The molecule has 4 rings (SSSR count). The molecule has 0 unspecified atom stereocenters. The van der Waals surface area contributed by atoms with Crippen LogP contribution in [0.3, 0.4) is 0 Å². The van der Waals surface area contributed by atoms with E-state index in [-0.39, 0.29) is 0 Å². The largest absolute Gasteiger partial charge is 0.494 e. The molecule has 7 nitrogen and oxygen atoms in total. The Labute approximate surface area is 192 Å². The van der Waals surface area contributed by atoms with E-state index in [0.29, 0.717) is 30.4 Å². The Morgan fingerprint density at radius 2 is 1.76 bits per heavy atom. The van der Waals surface area contributed by atoms with Gasteiger partial charge in [-0.2, -0.15) is 10.2 Å². The van der Waals surface area contributed by atoms with Crippen molar-refractivity contribution in [3.8, 4) is 22.8 Å². The van der Waals surface area contributed by atoms with Gasteiger partial charge in [-0.1, -0.05) is 42.5 Å². The summed E-state index contributed by atoms with van der Waals surface area (Å²) < 4.78 is 11.4. The van der Waals surface area contributed by atoms with Gasteiger partial charge in [0.1, 0.15) is 23.8 Å². The van der Waals surface area contributed by atoms with Gasteiger partial charge >= 0.3 is 0 Å². The van der Waals surface area contributed by atoms with Crippen molar-refractivity contribution in [2.24, 2.45) is 5.10 Å².